The number of carbonyl (C=O) groups excluding carboxylic acids is 1. The maximum absolute atomic E-state index is 11.3. The third-order valence-corrected chi connectivity index (χ3v) is 2.44. The van der Waals surface area contributed by atoms with Gasteiger partial charge >= 0.3 is 6.20 Å². The predicted octanol–water partition coefficient (Wildman–Crippen LogP) is 2.00. The molecule has 0 spiro atoms. The lowest BCUT2D eigenvalue weighted by Crippen LogP contribution is -2.23. The van der Waals surface area contributed by atoms with Crippen LogP contribution >= 0.6 is 0 Å². The lowest BCUT2D eigenvalue weighted by atomic mass is 9.86. The molecule has 0 saturated heterocycles. The highest BCUT2D eigenvalue weighted by atomic mass is 16.3. The van der Waals surface area contributed by atoms with Crippen molar-refractivity contribution in [3.8, 4) is 0 Å². The fourth-order valence-electron chi connectivity index (χ4n) is 1.49. The molecule has 1 saturated carbocycles. The number of Topliss-reactive ketones (excluding diaryl/α,β-unsaturated/α-hetero) is 1. The van der Waals surface area contributed by atoms with Crippen molar-refractivity contribution in [3.63, 3.8) is 0 Å². The summed E-state index contributed by atoms with van der Waals surface area (Å²) in [6.45, 7) is 1.67. The quantitative estimate of drug-likeness (QED) is 0.479. The van der Waals surface area contributed by atoms with E-state index in [1.807, 2.05) is 0 Å². The molecule has 0 aromatic carbocycles. The first kappa shape index (κ1) is 8.72. The molecule has 1 aliphatic carbocycles. The second-order valence-electron chi connectivity index (χ2n) is 3.24. The third kappa shape index (κ3) is 1.18. The van der Waals surface area contributed by atoms with Gasteiger partial charge in [0.25, 0.3) is 0 Å². The van der Waals surface area contributed by atoms with Gasteiger partial charge in [-0.3, -0.25) is 4.79 Å². The molecule has 1 fully saturated rings. The van der Waals surface area contributed by atoms with Gasteiger partial charge in [0, 0.05) is 6.42 Å². The number of aliphatic hydroxyl groups excluding tert-OH is 1. The van der Waals surface area contributed by atoms with Crippen LogP contribution in [-0.2, 0) is 4.79 Å². The number of diazo groups is 1. The number of ketones is 1. The number of aliphatic hydroxyl groups is 1. The van der Waals surface area contributed by atoms with Crippen molar-refractivity contribution in [2.75, 3.05) is 0 Å². The molecule has 1 aliphatic rings. The minimum Gasteiger partial charge on any atom is -0.505 e. The Balaban J connectivity index is 2.93. The summed E-state index contributed by atoms with van der Waals surface area (Å²) in [7, 11) is 0. The summed E-state index contributed by atoms with van der Waals surface area (Å²) in [6, 6.07) is 0. The number of carbonyl (C=O) groups is 1. The van der Waals surface area contributed by atoms with Gasteiger partial charge in [0.1, 0.15) is 5.78 Å². The topological polar surface area (TPSA) is 65.4 Å². The van der Waals surface area contributed by atoms with Crippen molar-refractivity contribution in [1.29, 1.82) is 5.39 Å². The highest BCUT2D eigenvalue weighted by molar-refractivity contribution is 5.88. The minimum atomic E-state index is -0.813. The molecule has 1 atom stereocenters. The zero-order valence-corrected chi connectivity index (χ0v) is 6.95. The highest BCUT2D eigenvalue weighted by Gasteiger charge is 2.42. The Morgan fingerprint density at radius 1 is 1.83 bits per heavy atom. The van der Waals surface area contributed by atoms with Gasteiger partial charge < -0.3 is 5.11 Å². The molecule has 0 amide bonds. The van der Waals surface area contributed by atoms with E-state index in [9.17, 15) is 9.90 Å². The average Bonchev–Trinajstić information content (AvgIpc) is 2.34. The van der Waals surface area contributed by atoms with Crippen molar-refractivity contribution in [2.24, 2.45) is 5.41 Å². The molecule has 64 valence electrons. The molecule has 1 rings (SSSR count). The van der Waals surface area contributed by atoms with E-state index in [1.165, 1.54) is 0 Å². The Kier molecular flexibility index (Phi) is 2.13. The van der Waals surface area contributed by atoms with Gasteiger partial charge in [-0.15, -0.1) is 0 Å². The van der Waals surface area contributed by atoms with Crippen molar-refractivity contribution in [3.05, 3.63) is 16.9 Å². The van der Waals surface area contributed by atoms with E-state index in [0.717, 1.165) is 12.6 Å². The molecular weight excluding hydrogens is 156 g/mol. The summed E-state index contributed by atoms with van der Waals surface area (Å²) < 4.78 is 0. The Hall–Kier alpha value is -1.37. The van der Waals surface area contributed by atoms with Crippen LogP contribution in [0, 0.1) is 10.8 Å². The van der Waals surface area contributed by atoms with Crippen LogP contribution in [0.15, 0.2) is 12.0 Å². The molecule has 1 N–H and O–H groups in total. The van der Waals surface area contributed by atoms with Gasteiger partial charge in [-0.25, -0.2) is 0 Å². The lowest BCUT2D eigenvalue weighted by molar-refractivity contribution is -0.124. The van der Waals surface area contributed by atoms with Gasteiger partial charge in [-0.05, 0) is 19.8 Å². The monoisotopic (exact) mass is 167 g/mol. The van der Waals surface area contributed by atoms with Gasteiger partial charge in [-0.1, -0.05) is 0 Å². The Morgan fingerprint density at radius 3 is 2.92 bits per heavy atom. The summed E-state index contributed by atoms with van der Waals surface area (Å²) in [5.74, 6) is -0.132. The van der Waals surface area contributed by atoms with Crippen LogP contribution in [0.3, 0.4) is 0 Å². The molecule has 0 radical (unpaired) electrons. The van der Waals surface area contributed by atoms with E-state index < -0.39 is 5.41 Å². The largest absolute Gasteiger partial charge is 0.505 e. The number of hydrogen-bond donors (Lipinski definition) is 1. The Bertz CT molecular complexity index is 277. The van der Waals surface area contributed by atoms with Crippen molar-refractivity contribution in [2.45, 2.75) is 26.2 Å². The zero-order chi connectivity index (χ0) is 9.19. The van der Waals surface area contributed by atoms with Crippen LogP contribution < -0.4 is 0 Å². The molecular formula is C8H11N2O2+. The average molecular weight is 167 g/mol. The van der Waals surface area contributed by atoms with Crippen LogP contribution in [0.5, 0.6) is 0 Å². The Morgan fingerprint density at radius 2 is 2.50 bits per heavy atom. The van der Waals surface area contributed by atoms with E-state index in [0.29, 0.717) is 12.8 Å². The van der Waals surface area contributed by atoms with Crippen LogP contribution in [-0.4, -0.2) is 10.9 Å². The maximum Gasteiger partial charge on any atom is 0.388 e. The van der Waals surface area contributed by atoms with Crippen molar-refractivity contribution >= 4 is 5.78 Å². The normalized spacial score (nSPS) is 30.3. The predicted molar refractivity (Wildman–Crippen MR) is 42.8 cm³/mol. The molecule has 1 unspecified atom stereocenters. The van der Waals surface area contributed by atoms with Crippen LogP contribution in [0.1, 0.15) is 26.2 Å². The van der Waals surface area contributed by atoms with Crippen molar-refractivity contribution in [1.82, 2.24) is 0 Å². The first-order chi connectivity index (χ1) is 5.61. The maximum atomic E-state index is 11.3. The molecule has 12 heavy (non-hydrogen) atoms. The first-order valence-corrected chi connectivity index (χ1v) is 3.88. The van der Waals surface area contributed by atoms with E-state index >= 15 is 0 Å². The zero-order valence-electron chi connectivity index (χ0n) is 6.95. The van der Waals surface area contributed by atoms with E-state index in [4.69, 9.17) is 5.39 Å². The van der Waals surface area contributed by atoms with Gasteiger partial charge in [0.05, 0.1) is 5.41 Å². The molecule has 0 aliphatic heterocycles. The number of hydrogen-bond acceptors (Lipinski definition) is 3. The fraction of sp³-hybridized carbons (Fsp3) is 0.625. The lowest BCUT2D eigenvalue weighted by Gasteiger charge is -2.17. The molecule has 4 heteroatoms. The molecule has 4 nitrogen and oxygen atoms in total. The summed E-state index contributed by atoms with van der Waals surface area (Å²) >= 11 is 0. The van der Waals surface area contributed by atoms with E-state index in [2.05, 4.69) is 4.98 Å². The molecule has 0 heterocycles. The third-order valence-electron chi connectivity index (χ3n) is 2.44. The smallest absolute Gasteiger partial charge is 0.388 e. The standard InChI is InChI=1S/C8H10N2O2/c1-8(7(12)5-10-9)4-2-3-6(8)11/h5H,2-4H2,1H3/p+1/b7-5+. The van der Waals surface area contributed by atoms with Gasteiger partial charge in [0.15, 0.2) is 10.7 Å². The van der Waals surface area contributed by atoms with Crippen LogP contribution in [0.2, 0.25) is 0 Å². The van der Waals surface area contributed by atoms with Crippen LogP contribution in [0.25, 0.3) is 4.98 Å². The SMILES string of the molecule is CC1(/C(O)=C\[N+]#N)CCCC1=O. The minimum absolute atomic E-state index is 0.0138. The Labute approximate surface area is 70.5 Å². The fourth-order valence-corrected chi connectivity index (χ4v) is 1.49. The summed E-state index contributed by atoms with van der Waals surface area (Å²) in [6.07, 6.45) is 2.84. The number of allylic oxidation sites excluding steroid dienone is 1. The van der Waals surface area contributed by atoms with Gasteiger partial charge in [-0.2, -0.15) is 0 Å². The summed E-state index contributed by atoms with van der Waals surface area (Å²) in [5.41, 5.74) is -0.813. The van der Waals surface area contributed by atoms with E-state index in [1.54, 1.807) is 6.92 Å². The summed E-state index contributed by atoms with van der Waals surface area (Å²) in [4.78, 5) is 14.0. The number of nitrogens with zero attached hydrogens (tertiary/aromatic N) is 2. The number of rotatable bonds is 1. The van der Waals surface area contributed by atoms with Gasteiger partial charge in [0.2, 0.25) is 5.39 Å². The highest BCUT2D eigenvalue weighted by Crippen LogP contribution is 2.39. The summed E-state index contributed by atoms with van der Waals surface area (Å²) in [5, 5.41) is 17.5. The van der Waals surface area contributed by atoms with Crippen molar-refractivity contribution < 1.29 is 9.90 Å². The van der Waals surface area contributed by atoms with E-state index in [-0.39, 0.29) is 11.5 Å². The molecule has 0 aromatic rings. The first-order valence-electron chi connectivity index (χ1n) is 3.88. The van der Waals surface area contributed by atoms with Crippen LogP contribution in [0.4, 0.5) is 0 Å². The molecule has 0 bridgehead atoms. The second kappa shape index (κ2) is 2.94. The molecule has 0 aromatic heterocycles. The second-order valence-corrected chi connectivity index (χ2v) is 3.24.